The van der Waals surface area contributed by atoms with Crippen LogP contribution in [0.5, 0.6) is 5.88 Å². The third-order valence-corrected chi connectivity index (χ3v) is 3.60. The molecule has 0 aliphatic heterocycles. The second-order valence-electron chi connectivity index (χ2n) is 5.24. The van der Waals surface area contributed by atoms with Gasteiger partial charge >= 0.3 is 0 Å². The first kappa shape index (κ1) is 15.2. The fourth-order valence-electron chi connectivity index (χ4n) is 2.41. The maximum atomic E-state index is 13.2. The number of halogens is 2. The van der Waals surface area contributed by atoms with Crippen molar-refractivity contribution < 1.29 is 13.5 Å². The summed E-state index contributed by atoms with van der Waals surface area (Å²) in [7, 11) is 0. The summed E-state index contributed by atoms with van der Waals surface area (Å²) < 4.78 is 35.2. The molecule has 0 spiro atoms. The van der Waals surface area contributed by atoms with Crippen LogP contribution in [0.25, 0.3) is 11.6 Å². The van der Waals surface area contributed by atoms with Gasteiger partial charge in [0.15, 0.2) is 17.3 Å². The quantitative estimate of drug-likeness (QED) is 0.556. The molecule has 3 heterocycles. The van der Waals surface area contributed by atoms with Crippen LogP contribution in [0.2, 0.25) is 0 Å². The third kappa shape index (κ3) is 2.91. The minimum atomic E-state index is -0.874. The first-order valence-corrected chi connectivity index (χ1v) is 7.48. The fraction of sp³-hybridized carbons (Fsp3) is 0.125. The minimum absolute atomic E-state index is 0.253. The van der Waals surface area contributed by atoms with Gasteiger partial charge in [-0.3, -0.25) is 4.98 Å². The Labute approximate surface area is 140 Å². The molecule has 3 aromatic heterocycles. The molecule has 4 aromatic rings. The van der Waals surface area contributed by atoms with Crippen LogP contribution < -0.4 is 4.74 Å². The van der Waals surface area contributed by atoms with Crippen LogP contribution in [0, 0.1) is 11.6 Å². The van der Waals surface area contributed by atoms with Gasteiger partial charge in [0.25, 0.3) is 5.95 Å². The number of fused-ring (bicyclic) bond motifs is 1. The summed E-state index contributed by atoms with van der Waals surface area (Å²) in [6.45, 7) is 0.253. The molecule has 0 bridgehead atoms. The first-order valence-electron chi connectivity index (χ1n) is 7.48. The largest absolute Gasteiger partial charge is 0.477 e. The molecule has 0 unspecified atom stereocenters. The van der Waals surface area contributed by atoms with Crippen molar-refractivity contribution in [3.8, 4) is 11.8 Å². The zero-order chi connectivity index (χ0) is 17.2. The summed E-state index contributed by atoms with van der Waals surface area (Å²) >= 11 is 0. The molecule has 1 aromatic carbocycles. The Morgan fingerprint density at radius 3 is 2.80 bits per heavy atom. The maximum absolute atomic E-state index is 13.2. The SMILES string of the molecule is Fc1ccc(CCOc2cncc3nnc(-n4cccn4)n23)cc1F. The lowest BCUT2D eigenvalue weighted by Crippen LogP contribution is -2.08. The van der Waals surface area contributed by atoms with Gasteiger partial charge in [-0.25, -0.2) is 17.9 Å². The number of nitrogens with zero attached hydrogens (tertiary/aromatic N) is 6. The second kappa shape index (κ2) is 6.27. The maximum Gasteiger partial charge on any atom is 0.259 e. The molecule has 0 aliphatic carbocycles. The zero-order valence-electron chi connectivity index (χ0n) is 12.9. The average Bonchev–Trinajstić information content (AvgIpc) is 3.27. The van der Waals surface area contributed by atoms with Gasteiger partial charge in [0, 0.05) is 18.8 Å². The number of hydrogen-bond acceptors (Lipinski definition) is 5. The highest BCUT2D eigenvalue weighted by molar-refractivity contribution is 5.42. The summed E-state index contributed by atoms with van der Waals surface area (Å²) in [4.78, 5) is 4.07. The van der Waals surface area contributed by atoms with E-state index in [-0.39, 0.29) is 6.61 Å². The molecule has 0 radical (unpaired) electrons. The Kier molecular flexibility index (Phi) is 3.81. The highest BCUT2D eigenvalue weighted by Gasteiger charge is 2.13. The number of ether oxygens (including phenoxy) is 1. The van der Waals surface area contributed by atoms with E-state index < -0.39 is 11.6 Å². The van der Waals surface area contributed by atoms with Crippen molar-refractivity contribution in [3.05, 3.63) is 66.3 Å². The Balaban J connectivity index is 1.57. The van der Waals surface area contributed by atoms with Crippen LogP contribution in [0.15, 0.2) is 49.1 Å². The molecule has 25 heavy (non-hydrogen) atoms. The van der Waals surface area contributed by atoms with Crippen LogP contribution in [0.4, 0.5) is 8.78 Å². The first-order chi connectivity index (χ1) is 12.2. The molecule has 0 amide bonds. The number of aromatic nitrogens is 6. The Morgan fingerprint density at radius 2 is 2.00 bits per heavy atom. The summed E-state index contributed by atoms with van der Waals surface area (Å²) in [6.07, 6.45) is 6.87. The Hall–Kier alpha value is -3.36. The van der Waals surface area contributed by atoms with Crippen molar-refractivity contribution in [1.82, 2.24) is 29.4 Å². The monoisotopic (exact) mass is 342 g/mol. The van der Waals surface area contributed by atoms with Gasteiger partial charge in [0.05, 0.1) is 19.0 Å². The van der Waals surface area contributed by atoms with Crippen molar-refractivity contribution in [2.75, 3.05) is 6.61 Å². The van der Waals surface area contributed by atoms with Gasteiger partial charge < -0.3 is 4.74 Å². The van der Waals surface area contributed by atoms with E-state index in [9.17, 15) is 8.78 Å². The molecule has 126 valence electrons. The van der Waals surface area contributed by atoms with E-state index in [1.54, 1.807) is 33.7 Å². The van der Waals surface area contributed by atoms with E-state index in [0.29, 0.717) is 29.5 Å². The predicted molar refractivity (Wildman–Crippen MR) is 83.5 cm³/mol. The smallest absolute Gasteiger partial charge is 0.259 e. The summed E-state index contributed by atoms with van der Waals surface area (Å²) in [5, 5.41) is 12.3. The molecular formula is C16H12F2N6O. The van der Waals surface area contributed by atoms with Crippen molar-refractivity contribution in [2.24, 2.45) is 0 Å². The summed E-state index contributed by atoms with van der Waals surface area (Å²) in [5.74, 6) is -0.853. The lowest BCUT2D eigenvalue weighted by Gasteiger charge is -2.09. The van der Waals surface area contributed by atoms with Gasteiger partial charge in [0.1, 0.15) is 0 Å². The van der Waals surface area contributed by atoms with Crippen molar-refractivity contribution in [3.63, 3.8) is 0 Å². The highest BCUT2D eigenvalue weighted by atomic mass is 19.2. The molecule has 9 heteroatoms. The minimum Gasteiger partial charge on any atom is -0.477 e. The normalized spacial score (nSPS) is 11.1. The van der Waals surface area contributed by atoms with Crippen LogP contribution in [-0.4, -0.2) is 36.0 Å². The zero-order valence-corrected chi connectivity index (χ0v) is 12.9. The molecule has 0 N–H and O–H groups in total. The molecule has 4 rings (SSSR count). The molecular weight excluding hydrogens is 330 g/mol. The summed E-state index contributed by atoms with van der Waals surface area (Å²) in [6, 6.07) is 5.55. The highest BCUT2D eigenvalue weighted by Crippen LogP contribution is 2.17. The van der Waals surface area contributed by atoms with Gasteiger partial charge in [0.2, 0.25) is 5.88 Å². The third-order valence-electron chi connectivity index (χ3n) is 3.60. The molecule has 0 saturated heterocycles. The number of rotatable bonds is 5. The van der Waals surface area contributed by atoms with E-state index in [1.807, 2.05) is 0 Å². The standard InChI is InChI=1S/C16H12F2N6O/c17-12-3-2-11(8-13(12)18)4-7-25-15-10-19-9-14-21-22-16(24(14)15)23-6-1-5-20-23/h1-3,5-6,8-10H,4,7H2. The molecule has 0 fully saturated rings. The van der Waals surface area contributed by atoms with Crippen molar-refractivity contribution >= 4 is 5.65 Å². The molecule has 0 saturated carbocycles. The molecule has 7 nitrogen and oxygen atoms in total. The van der Waals surface area contributed by atoms with Crippen molar-refractivity contribution in [1.29, 1.82) is 0 Å². The van der Waals surface area contributed by atoms with Gasteiger partial charge in [-0.05, 0) is 23.8 Å². The van der Waals surface area contributed by atoms with Crippen LogP contribution in [0.3, 0.4) is 0 Å². The Bertz CT molecular complexity index is 1010. The number of benzene rings is 1. The van der Waals surface area contributed by atoms with Gasteiger partial charge in [-0.1, -0.05) is 6.07 Å². The van der Waals surface area contributed by atoms with E-state index >= 15 is 0 Å². The predicted octanol–water partition coefficient (Wildman–Crippen LogP) is 2.21. The number of hydrogen-bond donors (Lipinski definition) is 0. The van der Waals surface area contributed by atoms with E-state index in [1.165, 1.54) is 12.3 Å². The van der Waals surface area contributed by atoms with E-state index in [4.69, 9.17) is 4.74 Å². The lowest BCUT2D eigenvalue weighted by molar-refractivity contribution is 0.303. The average molecular weight is 342 g/mol. The lowest BCUT2D eigenvalue weighted by atomic mass is 10.1. The Morgan fingerprint density at radius 1 is 1.08 bits per heavy atom. The topological polar surface area (TPSA) is 70.1 Å². The molecule has 0 aliphatic rings. The van der Waals surface area contributed by atoms with Crippen molar-refractivity contribution in [2.45, 2.75) is 6.42 Å². The van der Waals surface area contributed by atoms with Gasteiger partial charge in [-0.15, -0.1) is 10.2 Å². The fourth-order valence-corrected chi connectivity index (χ4v) is 2.41. The van der Waals surface area contributed by atoms with Gasteiger partial charge in [-0.2, -0.15) is 5.10 Å². The second-order valence-corrected chi connectivity index (χ2v) is 5.24. The van der Waals surface area contributed by atoms with Crippen LogP contribution in [-0.2, 0) is 6.42 Å². The molecule has 0 atom stereocenters. The summed E-state index contributed by atoms with van der Waals surface area (Å²) in [5.41, 5.74) is 1.14. The van der Waals surface area contributed by atoms with Crippen LogP contribution >= 0.6 is 0 Å². The van der Waals surface area contributed by atoms with E-state index in [2.05, 4.69) is 20.3 Å². The van der Waals surface area contributed by atoms with Crippen LogP contribution in [0.1, 0.15) is 5.56 Å². The van der Waals surface area contributed by atoms with E-state index in [0.717, 1.165) is 12.1 Å².